The van der Waals surface area contributed by atoms with Crippen molar-refractivity contribution in [2.75, 3.05) is 24.7 Å². The molecular weight excluding hydrogens is 406 g/mol. The fourth-order valence-electron chi connectivity index (χ4n) is 2.80. The van der Waals surface area contributed by atoms with Gasteiger partial charge < -0.3 is 21.3 Å². The van der Waals surface area contributed by atoms with Gasteiger partial charge in [-0.1, -0.05) is 23.7 Å². The minimum atomic E-state index is -0.275. The molecule has 0 spiro atoms. The van der Waals surface area contributed by atoms with Crippen LogP contribution in [0.25, 0.3) is 0 Å². The number of nitrogens with zero attached hydrogens (tertiary/aromatic N) is 3. The standard InChI is InChI=1S/C20H22ClN7O2/c1-4-28-18(10-16(27-28)20(30)23-3)26-17-9-15(13(21)11-24-17)25-14-8-6-5-7-12(14)19(29)22-2/h5-11H,4H2,1-3H3,(H,22,29)(H,23,30)(H2,24,25,26). The lowest BCUT2D eigenvalue weighted by molar-refractivity contribution is 0.0952. The summed E-state index contributed by atoms with van der Waals surface area (Å²) in [6.07, 6.45) is 1.50. The van der Waals surface area contributed by atoms with Crippen molar-refractivity contribution < 1.29 is 9.59 Å². The molecule has 0 unspecified atom stereocenters. The minimum absolute atomic E-state index is 0.213. The van der Waals surface area contributed by atoms with E-state index in [1.54, 1.807) is 49.1 Å². The summed E-state index contributed by atoms with van der Waals surface area (Å²) >= 11 is 6.31. The van der Waals surface area contributed by atoms with Crippen molar-refractivity contribution in [1.29, 1.82) is 0 Å². The Morgan fingerprint density at radius 3 is 2.47 bits per heavy atom. The van der Waals surface area contributed by atoms with E-state index in [-0.39, 0.29) is 11.8 Å². The molecule has 4 N–H and O–H groups in total. The smallest absolute Gasteiger partial charge is 0.271 e. The van der Waals surface area contributed by atoms with E-state index in [0.717, 1.165) is 0 Å². The molecule has 2 amide bonds. The van der Waals surface area contributed by atoms with Crippen LogP contribution in [0.4, 0.5) is 23.0 Å². The van der Waals surface area contributed by atoms with Crippen LogP contribution in [-0.2, 0) is 6.54 Å². The fraction of sp³-hybridized carbons (Fsp3) is 0.200. The zero-order valence-electron chi connectivity index (χ0n) is 16.8. The van der Waals surface area contributed by atoms with Crippen molar-refractivity contribution in [3.8, 4) is 0 Å². The quantitative estimate of drug-likeness (QED) is 0.460. The Bertz CT molecular complexity index is 1080. The van der Waals surface area contributed by atoms with Crippen LogP contribution in [0.1, 0.15) is 27.8 Å². The summed E-state index contributed by atoms with van der Waals surface area (Å²) < 4.78 is 1.66. The first-order valence-corrected chi connectivity index (χ1v) is 9.65. The summed E-state index contributed by atoms with van der Waals surface area (Å²) in [6.45, 7) is 2.49. The summed E-state index contributed by atoms with van der Waals surface area (Å²) in [4.78, 5) is 28.3. The number of nitrogens with one attached hydrogen (secondary N) is 4. The van der Waals surface area contributed by atoms with Crippen molar-refractivity contribution >= 4 is 46.4 Å². The molecule has 0 saturated carbocycles. The van der Waals surface area contributed by atoms with Gasteiger partial charge in [0.05, 0.1) is 28.2 Å². The number of aromatic nitrogens is 3. The molecule has 0 fully saturated rings. The summed E-state index contributed by atoms with van der Waals surface area (Å²) in [5.41, 5.74) is 1.96. The van der Waals surface area contributed by atoms with Crippen LogP contribution in [0.3, 0.4) is 0 Å². The van der Waals surface area contributed by atoms with Crippen molar-refractivity contribution in [2.45, 2.75) is 13.5 Å². The molecule has 2 aromatic heterocycles. The second-order valence-electron chi connectivity index (χ2n) is 6.23. The van der Waals surface area contributed by atoms with Gasteiger partial charge in [0.2, 0.25) is 0 Å². The maximum Gasteiger partial charge on any atom is 0.271 e. The normalized spacial score (nSPS) is 10.4. The van der Waals surface area contributed by atoms with Crippen LogP contribution in [0.15, 0.2) is 42.6 Å². The van der Waals surface area contributed by atoms with Crippen molar-refractivity contribution in [1.82, 2.24) is 25.4 Å². The zero-order valence-corrected chi connectivity index (χ0v) is 17.5. The molecule has 3 rings (SSSR count). The second-order valence-corrected chi connectivity index (χ2v) is 6.64. The van der Waals surface area contributed by atoms with Gasteiger partial charge >= 0.3 is 0 Å². The van der Waals surface area contributed by atoms with E-state index >= 15 is 0 Å². The first-order chi connectivity index (χ1) is 14.5. The molecule has 0 aliphatic heterocycles. The Hall–Kier alpha value is -3.59. The van der Waals surface area contributed by atoms with Gasteiger partial charge in [0.1, 0.15) is 11.6 Å². The summed E-state index contributed by atoms with van der Waals surface area (Å²) in [7, 11) is 3.13. The summed E-state index contributed by atoms with van der Waals surface area (Å²) in [6, 6.07) is 10.5. The maximum absolute atomic E-state index is 12.1. The number of pyridine rings is 1. The zero-order chi connectivity index (χ0) is 21.7. The molecule has 30 heavy (non-hydrogen) atoms. The van der Waals surface area contributed by atoms with Gasteiger partial charge in [0.15, 0.2) is 5.69 Å². The molecule has 0 saturated heterocycles. The monoisotopic (exact) mass is 427 g/mol. The van der Waals surface area contributed by atoms with Gasteiger partial charge in [-0.05, 0) is 19.1 Å². The number of para-hydroxylation sites is 1. The molecule has 0 bridgehead atoms. The van der Waals surface area contributed by atoms with Gasteiger partial charge in [0.25, 0.3) is 11.8 Å². The van der Waals surface area contributed by atoms with Crippen molar-refractivity contribution in [3.05, 3.63) is 58.9 Å². The number of carbonyl (C=O) groups excluding carboxylic acids is 2. The summed E-state index contributed by atoms with van der Waals surface area (Å²) in [5, 5.41) is 16.2. The van der Waals surface area contributed by atoms with E-state index in [4.69, 9.17) is 11.6 Å². The van der Waals surface area contributed by atoms with Crippen molar-refractivity contribution in [2.24, 2.45) is 0 Å². The van der Waals surface area contributed by atoms with E-state index < -0.39 is 0 Å². The van der Waals surface area contributed by atoms with Crippen LogP contribution < -0.4 is 21.3 Å². The van der Waals surface area contributed by atoms with Gasteiger partial charge in [0, 0.05) is 32.8 Å². The number of halogens is 1. The first-order valence-electron chi connectivity index (χ1n) is 9.27. The lowest BCUT2D eigenvalue weighted by Gasteiger charge is -2.14. The third-order valence-electron chi connectivity index (χ3n) is 4.32. The Balaban J connectivity index is 1.89. The highest BCUT2D eigenvalue weighted by molar-refractivity contribution is 6.33. The SMILES string of the molecule is CCn1nc(C(=O)NC)cc1Nc1cc(Nc2ccccc2C(=O)NC)c(Cl)cn1. The van der Waals surface area contributed by atoms with Gasteiger partial charge in [-0.15, -0.1) is 0 Å². The fourth-order valence-corrected chi connectivity index (χ4v) is 2.95. The van der Waals surface area contributed by atoms with Crippen LogP contribution >= 0.6 is 11.6 Å². The molecule has 0 atom stereocenters. The highest BCUT2D eigenvalue weighted by Crippen LogP contribution is 2.29. The number of hydrogen-bond donors (Lipinski definition) is 4. The number of hydrogen-bond acceptors (Lipinski definition) is 6. The second kappa shape index (κ2) is 9.27. The van der Waals surface area contributed by atoms with E-state index in [0.29, 0.717) is 45.8 Å². The molecule has 0 aliphatic rings. The van der Waals surface area contributed by atoms with Crippen LogP contribution in [0.2, 0.25) is 5.02 Å². The number of anilines is 4. The van der Waals surface area contributed by atoms with Gasteiger partial charge in [-0.25, -0.2) is 9.67 Å². The lowest BCUT2D eigenvalue weighted by Crippen LogP contribution is -2.19. The molecular formula is C20H22ClN7O2. The van der Waals surface area contributed by atoms with E-state index in [9.17, 15) is 9.59 Å². The molecule has 0 radical (unpaired) electrons. The highest BCUT2D eigenvalue weighted by Gasteiger charge is 2.15. The predicted octanol–water partition coefficient (Wildman–Crippen LogP) is 3.16. The highest BCUT2D eigenvalue weighted by atomic mass is 35.5. The summed E-state index contributed by atoms with van der Waals surface area (Å²) in [5.74, 6) is 0.623. The molecule has 9 nitrogen and oxygen atoms in total. The Morgan fingerprint density at radius 1 is 1.03 bits per heavy atom. The molecule has 2 heterocycles. The Morgan fingerprint density at radius 2 is 1.77 bits per heavy atom. The predicted molar refractivity (Wildman–Crippen MR) is 117 cm³/mol. The molecule has 1 aromatic carbocycles. The largest absolute Gasteiger partial charge is 0.355 e. The topological polar surface area (TPSA) is 113 Å². The number of carbonyl (C=O) groups is 2. The van der Waals surface area contributed by atoms with E-state index in [1.807, 2.05) is 13.0 Å². The van der Waals surface area contributed by atoms with Crippen molar-refractivity contribution in [3.63, 3.8) is 0 Å². The van der Waals surface area contributed by atoms with Crippen LogP contribution in [0, 0.1) is 0 Å². The number of rotatable bonds is 7. The van der Waals surface area contributed by atoms with Gasteiger partial charge in [-0.3, -0.25) is 9.59 Å². The third-order valence-corrected chi connectivity index (χ3v) is 4.62. The minimum Gasteiger partial charge on any atom is -0.355 e. The molecule has 10 heteroatoms. The average molecular weight is 428 g/mol. The number of benzene rings is 1. The lowest BCUT2D eigenvalue weighted by atomic mass is 10.1. The van der Waals surface area contributed by atoms with E-state index in [2.05, 4.69) is 31.3 Å². The Kier molecular flexibility index (Phi) is 6.53. The van der Waals surface area contributed by atoms with Crippen LogP contribution in [0.5, 0.6) is 0 Å². The molecule has 156 valence electrons. The average Bonchev–Trinajstić information content (AvgIpc) is 3.18. The van der Waals surface area contributed by atoms with Gasteiger partial charge in [-0.2, -0.15) is 5.10 Å². The van der Waals surface area contributed by atoms with Crippen LogP contribution in [-0.4, -0.2) is 40.7 Å². The maximum atomic E-state index is 12.1. The molecule has 0 aliphatic carbocycles. The third kappa shape index (κ3) is 4.52. The number of aryl methyl sites for hydroxylation is 1. The first kappa shape index (κ1) is 21.1. The Labute approximate surface area is 178 Å². The van der Waals surface area contributed by atoms with E-state index in [1.165, 1.54) is 6.20 Å². The number of amides is 2. The molecule has 3 aromatic rings.